The number of likely N-dealkylation sites (N-methyl/N-ethyl adjacent to an activating group) is 1. The maximum atomic E-state index is 12.6. The van der Waals surface area contributed by atoms with Crippen molar-refractivity contribution < 1.29 is 23.9 Å². The molecule has 0 saturated carbocycles. The molecule has 2 aromatic carbocycles. The fourth-order valence-corrected chi connectivity index (χ4v) is 2.36. The smallest absolute Gasteiger partial charge is 0.319 e. The Balaban J connectivity index is 2.08. The van der Waals surface area contributed by atoms with Gasteiger partial charge in [-0.05, 0) is 43.3 Å². The maximum Gasteiger partial charge on any atom is 0.319 e. The highest BCUT2D eigenvalue weighted by molar-refractivity contribution is 6.05. The SMILES string of the molecule is CCNC(=O)Nc1cccc(NC(=O)c2ccc(OCC(=O)NC)c(OC)c2)c1. The molecule has 0 aliphatic heterocycles. The van der Waals surface area contributed by atoms with Crippen molar-refractivity contribution in [1.82, 2.24) is 10.6 Å². The molecule has 2 aromatic rings. The highest BCUT2D eigenvalue weighted by Crippen LogP contribution is 2.28. The Morgan fingerprint density at radius 1 is 0.966 bits per heavy atom. The number of urea groups is 1. The van der Waals surface area contributed by atoms with Gasteiger partial charge in [0, 0.05) is 30.5 Å². The molecule has 9 heteroatoms. The van der Waals surface area contributed by atoms with Crippen molar-refractivity contribution in [3.63, 3.8) is 0 Å². The van der Waals surface area contributed by atoms with Crippen molar-refractivity contribution in [2.24, 2.45) is 0 Å². The molecular formula is C20H24N4O5. The number of carbonyl (C=O) groups is 3. The first-order valence-corrected chi connectivity index (χ1v) is 8.94. The minimum atomic E-state index is -0.365. The van der Waals surface area contributed by atoms with E-state index in [1.54, 1.807) is 36.4 Å². The molecule has 4 N–H and O–H groups in total. The summed E-state index contributed by atoms with van der Waals surface area (Å²) < 4.78 is 10.6. The van der Waals surface area contributed by atoms with Crippen LogP contribution < -0.4 is 30.7 Å². The number of nitrogens with one attached hydrogen (secondary N) is 4. The fourth-order valence-electron chi connectivity index (χ4n) is 2.36. The van der Waals surface area contributed by atoms with E-state index in [0.29, 0.717) is 35.0 Å². The summed E-state index contributed by atoms with van der Waals surface area (Å²) in [7, 11) is 2.96. The first-order valence-electron chi connectivity index (χ1n) is 8.94. The summed E-state index contributed by atoms with van der Waals surface area (Å²) in [6.07, 6.45) is 0. The number of benzene rings is 2. The molecule has 0 spiro atoms. The van der Waals surface area contributed by atoms with Crippen LogP contribution in [0.3, 0.4) is 0 Å². The summed E-state index contributed by atoms with van der Waals surface area (Å²) in [5.74, 6) is 0.0280. The minimum Gasteiger partial charge on any atom is -0.493 e. The Kier molecular flexibility index (Phi) is 7.84. The maximum absolute atomic E-state index is 12.6. The highest BCUT2D eigenvalue weighted by atomic mass is 16.5. The number of hydrogen-bond acceptors (Lipinski definition) is 5. The Morgan fingerprint density at radius 3 is 2.34 bits per heavy atom. The number of amides is 4. The Morgan fingerprint density at radius 2 is 1.69 bits per heavy atom. The molecule has 0 heterocycles. The molecule has 0 unspecified atom stereocenters. The molecular weight excluding hydrogens is 376 g/mol. The van der Waals surface area contributed by atoms with Gasteiger partial charge in [-0.25, -0.2) is 4.79 Å². The van der Waals surface area contributed by atoms with Crippen LogP contribution in [-0.4, -0.2) is 45.2 Å². The molecule has 0 aromatic heterocycles. The molecule has 0 saturated heterocycles. The molecule has 0 aliphatic rings. The van der Waals surface area contributed by atoms with Gasteiger partial charge in [0.25, 0.3) is 11.8 Å². The average molecular weight is 400 g/mol. The molecule has 0 aliphatic carbocycles. The van der Waals surface area contributed by atoms with E-state index in [0.717, 1.165) is 0 Å². The van der Waals surface area contributed by atoms with Crippen molar-refractivity contribution in [3.8, 4) is 11.5 Å². The summed E-state index contributed by atoms with van der Waals surface area (Å²) in [5, 5.41) is 10.5. The molecule has 9 nitrogen and oxygen atoms in total. The third kappa shape index (κ3) is 6.42. The summed E-state index contributed by atoms with van der Waals surface area (Å²) in [5.41, 5.74) is 1.41. The van der Waals surface area contributed by atoms with Gasteiger partial charge in [0.05, 0.1) is 7.11 Å². The van der Waals surface area contributed by atoms with Crippen LogP contribution in [0.15, 0.2) is 42.5 Å². The van der Waals surface area contributed by atoms with E-state index >= 15 is 0 Å². The van der Waals surface area contributed by atoms with Crippen LogP contribution >= 0.6 is 0 Å². The zero-order chi connectivity index (χ0) is 21.2. The van der Waals surface area contributed by atoms with Crippen LogP contribution in [0.1, 0.15) is 17.3 Å². The van der Waals surface area contributed by atoms with Gasteiger partial charge in [-0.2, -0.15) is 0 Å². The van der Waals surface area contributed by atoms with Crippen LogP contribution in [0.2, 0.25) is 0 Å². The zero-order valence-corrected chi connectivity index (χ0v) is 16.5. The van der Waals surface area contributed by atoms with Gasteiger partial charge in [-0.15, -0.1) is 0 Å². The van der Waals surface area contributed by atoms with E-state index in [1.165, 1.54) is 20.2 Å². The van der Waals surface area contributed by atoms with Gasteiger partial charge in [0.15, 0.2) is 18.1 Å². The van der Waals surface area contributed by atoms with E-state index in [1.807, 2.05) is 6.92 Å². The fraction of sp³-hybridized carbons (Fsp3) is 0.250. The molecule has 4 amide bonds. The van der Waals surface area contributed by atoms with Crippen molar-refractivity contribution in [1.29, 1.82) is 0 Å². The lowest BCUT2D eigenvalue weighted by Crippen LogP contribution is -2.28. The lowest BCUT2D eigenvalue weighted by Gasteiger charge is -2.12. The van der Waals surface area contributed by atoms with Crippen LogP contribution in [0, 0.1) is 0 Å². The van der Waals surface area contributed by atoms with Crippen LogP contribution in [0.25, 0.3) is 0 Å². The number of ether oxygens (including phenoxy) is 2. The lowest BCUT2D eigenvalue weighted by atomic mass is 10.1. The summed E-state index contributed by atoms with van der Waals surface area (Å²) in [6.45, 7) is 2.16. The van der Waals surface area contributed by atoms with Gasteiger partial charge >= 0.3 is 6.03 Å². The first-order chi connectivity index (χ1) is 14.0. The molecule has 0 bridgehead atoms. The van der Waals surface area contributed by atoms with Gasteiger partial charge in [0.1, 0.15) is 0 Å². The largest absolute Gasteiger partial charge is 0.493 e. The number of carbonyl (C=O) groups excluding carboxylic acids is 3. The predicted octanol–water partition coefficient (Wildman–Crippen LogP) is 2.21. The molecule has 29 heavy (non-hydrogen) atoms. The quantitative estimate of drug-likeness (QED) is 0.542. The van der Waals surface area contributed by atoms with Gasteiger partial charge < -0.3 is 30.7 Å². The Hall–Kier alpha value is -3.75. The Labute approximate surface area is 168 Å². The van der Waals surface area contributed by atoms with Gasteiger partial charge in [0.2, 0.25) is 0 Å². The van der Waals surface area contributed by atoms with Crippen LogP contribution in [0.4, 0.5) is 16.2 Å². The molecule has 154 valence electrons. The molecule has 0 atom stereocenters. The first kappa shape index (κ1) is 21.5. The van der Waals surface area contributed by atoms with E-state index in [2.05, 4.69) is 21.3 Å². The third-order valence-electron chi connectivity index (χ3n) is 3.78. The standard InChI is InChI=1S/C20H24N4O5/c1-4-22-20(27)24-15-7-5-6-14(11-15)23-19(26)13-8-9-16(17(10-13)28-3)29-12-18(25)21-2/h5-11H,4,12H2,1-3H3,(H,21,25)(H,23,26)(H2,22,24,27). The molecule has 0 radical (unpaired) electrons. The molecule has 2 rings (SSSR count). The van der Waals surface area contributed by atoms with E-state index in [4.69, 9.17) is 9.47 Å². The summed E-state index contributed by atoms with van der Waals surface area (Å²) in [6, 6.07) is 11.1. The topological polar surface area (TPSA) is 118 Å². The zero-order valence-electron chi connectivity index (χ0n) is 16.5. The number of rotatable bonds is 8. The second kappa shape index (κ2) is 10.5. The average Bonchev–Trinajstić information content (AvgIpc) is 2.72. The summed E-state index contributed by atoms with van der Waals surface area (Å²) in [4.78, 5) is 35.5. The monoisotopic (exact) mass is 400 g/mol. The van der Waals surface area contributed by atoms with Crippen molar-refractivity contribution in [2.75, 3.05) is 37.9 Å². The molecule has 0 fully saturated rings. The second-order valence-corrected chi connectivity index (χ2v) is 5.85. The van der Waals surface area contributed by atoms with Crippen LogP contribution in [0.5, 0.6) is 11.5 Å². The van der Waals surface area contributed by atoms with E-state index in [-0.39, 0.29) is 24.5 Å². The van der Waals surface area contributed by atoms with Crippen molar-refractivity contribution >= 4 is 29.2 Å². The van der Waals surface area contributed by atoms with E-state index < -0.39 is 0 Å². The number of anilines is 2. The highest BCUT2D eigenvalue weighted by Gasteiger charge is 2.13. The third-order valence-corrected chi connectivity index (χ3v) is 3.78. The Bertz CT molecular complexity index is 885. The van der Waals surface area contributed by atoms with Crippen molar-refractivity contribution in [2.45, 2.75) is 6.92 Å². The van der Waals surface area contributed by atoms with Crippen molar-refractivity contribution in [3.05, 3.63) is 48.0 Å². The van der Waals surface area contributed by atoms with E-state index in [9.17, 15) is 14.4 Å². The van der Waals surface area contributed by atoms with Gasteiger partial charge in [-0.1, -0.05) is 6.07 Å². The predicted molar refractivity (Wildman–Crippen MR) is 110 cm³/mol. The summed E-state index contributed by atoms with van der Waals surface area (Å²) >= 11 is 0. The number of methoxy groups -OCH3 is 1. The van der Waals surface area contributed by atoms with Gasteiger partial charge in [-0.3, -0.25) is 9.59 Å². The lowest BCUT2D eigenvalue weighted by molar-refractivity contribution is -0.122. The second-order valence-electron chi connectivity index (χ2n) is 5.85. The normalized spacial score (nSPS) is 9.90. The van der Waals surface area contributed by atoms with Crippen LogP contribution in [-0.2, 0) is 4.79 Å². The number of hydrogen-bond donors (Lipinski definition) is 4. The minimum absolute atomic E-state index is 0.163.